The van der Waals surface area contributed by atoms with E-state index in [1.54, 1.807) is 11.3 Å². The summed E-state index contributed by atoms with van der Waals surface area (Å²) in [5.74, 6) is 1.29. The molecule has 2 aromatic rings. The van der Waals surface area contributed by atoms with Gasteiger partial charge in [-0.1, -0.05) is 29.8 Å². The first-order valence-corrected chi connectivity index (χ1v) is 11.5. The number of aryl methyl sites for hydroxylation is 3. The fourth-order valence-corrected chi connectivity index (χ4v) is 4.57. The molecule has 166 valence electrons. The molecule has 2 atom stereocenters. The van der Waals surface area contributed by atoms with Crippen molar-refractivity contribution in [1.82, 2.24) is 15.6 Å². The summed E-state index contributed by atoms with van der Waals surface area (Å²) < 4.78 is 6.14. The molecule has 1 fully saturated rings. The lowest BCUT2D eigenvalue weighted by Gasteiger charge is -2.31. The van der Waals surface area contributed by atoms with Crippen molar-refractivity contribution in [2.45, 2.75) is 53.1 Å². The molecule has 7 heteroatoms. The summed E-state index contributed by atoms with van der Waals surface area (Å²) >= 11 is 1.79. The van der Waals surface area contributed by atoms with Gasteiger partial charge < -0.3 is 15.4 Å². The molecule has 2 heterocycles. The van der Waals surface area contributed by atoms with Crippen LogP contribution in [0.15, 0.2) is 29.3 Å². The van der Waals surface area contributed by atoms with Crippen molar-refractivity contribution in [3.05, 3.63) is 51.0 Å². The molecular weight excluding hydrogens is 507 g/mol. The number of guanidine groups is 1. The van der Waals surface area contributed by atoms with E-state index in [1.165, 1.54) is 21.0 Å². The smallest absolute Gasteiger partial charge is 0.191 e. The number of halogens is 1. The minimum Gasteiger partial charge on any atom is -0.373 e. The predicted molar refractivity (Wildman–Crippen MR) is 137 cm³/mol. The number of nitrogens with one attached hydrogen (secondary N) is 2. The monoisotopic (exact) mass is 542 g/mol. The van der Waals surface area contributed by atoms with Crippen molar-refractivity contribution in [2.24, 2.45) is 10.9 Å². The Hall–Kier alpha value is -1.19. The summed E-state index contributed by atoms with van der Waals surface area (Å²) in [6.07, 6.45) is 3.31. The summed E-state index contributed by atoms with van der Waals surface area (Å²) in [4.78, 5) is 10.8. The molecular formula is C23H35IN4OS. The van der Waals surface area contributed by atoms with E-state index in [9.17, 15) is 0 Å². The lowest BCUT2D eigenvalue weighted by atomic mass is 9.89. The van der Waals surface area contributed by atoms with Gasteiger partial charge in [-0.05, 0) is 46.1 Å². The highest BCUT2D eigenvalue weighted by Gasteiger charge is 2.27. The molecule has 5 nitrogen and oxygen atoms in total. The summed E-state index contributed by atoms with van der Waals surface area (Å²) in [5, 5.41) is 8.02. The Morgan fingerprint density at radius 2 is 1.97 bits per heavy atom. The number of thiazole rings is 1. The number of hydrogen-bond donors (Lipinski definition) is 2. The zero-order chi connectivity index (χ0) is 20.6. The normalized spacial score (nSPS) is 19.3. The van der Waals surface area contributed by atoms with Crippen LogP contribution in [0.25, 0.3) is 0 Å². The number of hydrogen-bond acceptors (Lipinski definition) is 4. The van der Waals surface area contributed by atoms with Crippen molar-refractivity contribution in [3.63, 3.8) is 0 Å². The van der Waals surface area contributed by atoms with E-state index in [4.69, 9.17) is 9.73 Å². The van der Waals surface area contributed by atoms with E-state index in [0.717, 1.165) is 57.2 Å². The molecule has 1 saturated heterocycles. The quantitative estimate of drug-likeness (QED) is 0.295. The van der Waals surface area contributed by atoms with E-state index in [0.29, 0.717) is 5.92 Å². The third-order valence-electron chi connectivity index (χ3n) is 5.38. The van der Waals surface area contributed by atoms with Gasteiger partial charge in [0.15, 0.2) is 5.96 Å². The van der Waals surface area contributed by atoms with Crippen LogP contribution >= 0.6 is 35.3 Å². The van der Waals surface area contributed by atoms with Crippen LogP contribution in [-0.2, 0) is 11.2 Å². The first-order valence-electron chi connectivity index (χ1n) is 10.7. The summed E-state index contributed by atoms with van der Waals surface area (Å²) in [7, 11) is 0. The first-order chi connectivity index (χ1) is 14.1. The van der Waals surface area contributed by atoms with Crippen molar-refractivity contribution >= 4 is 41.3 Å². The van der Waals surface area contributed by atoms with Crippen molar-refractivity contribution in [2.75, 3.05) is 26.2 Å². The van der Waals surface area contributed by atoms with Gasteiger partial charge in [-0.15, -0.1) is 35.3 Å². The fourth-order valence-electron chi connectivity index (χ4n) is 3.64. The predicted octanol–water partition coefficient (Wildman–Crippen LogP) is 4.95. The zero-order valence-electron chi connectivity index (χ0n) is 18.5. The van der Waals surface area contributed by atoms with Gasteiger partial charge in [-0.2, -0.15) is 0 Å². The molecule has 3 rings (SSSR count). The van der Waals surface area contributed by atoms with Crippen molar-refractivity contribution in [1.29, 1.82) is 0 Å². The van der Waals surface area contributed by atoms with Crippen molar-refractivity contribution < 1.29 is 4.74 Å². The maximum Gasteiger partial charge on any atom is 0.191 e. The molecule has 1 aromatic heterocycles. The maximum absolute atomic E-state index is 6.14. The molecule has 0 radical (unpaired) electrons. The van der Waals surface area contributed by atoms with Gasteiger partial charge in [0.1, 0.15) is 0 Å². The third kappa shape index (κ3) is 7.20. The number of benzene rings is 1. The second-order valence-corrected chi connectivity index (χ2v) is 9.04. The maximum atomic E-state index is 6.14. The van der Waals surface area contributed by atoms with E-state index in [2.05, 4.69) is 67.6 Å². The molecule has 1 aliphatic rings. The lowest BCUT2D eigenvalue weighted by Crippen LogP contribution is -2.39. The van der Waals surface area contributed by atoms with Gasteiger partial charge >= 0.3 is 0 Å². The highest BCUT2D eigenvalue weighted by atomic mass is 127. The Labute approximate surface area is 202 Å². The standard InChI is InChI=1S/C23H34N4OS.HI/c1-5-24-23(25-13-12-21-27-17(3)18(4)29-21)26-15-20-7-6-14-28-22(20)19-10-8-16(2)9-11-19;/h8-11,20,22H,5-7,12-15H2,1-4H3,(H2,24,25,26);1H. The van der Waals surface area contributed by atoms with Crippen LogP contribution in [0.4, 0.5) is 0 Å². The molecule has 1 aromatic carbocycles. The van der Waals surface area contributed by atoms with Crippen LogP contribution in [0.1, 0.15) is 52.6 Å². The number of nitrogens with zero attached hydrogens (tertiary/aromatic N) is 2. The summed E-state index contributed by atoms with van der Waals surface area (Å²) in [6, 6.07) is 8.73. The van der Waals surface area contributed by atoms with Crippen LogP contribution in [0, 0.1) is 26.7 Å². The highest BCUT2D eigenvalue weighted by molar-refractivity contribution is 14.0. The molecule has 30 heavy (non-hydrogen) atoms. The number of aromatic nitrogens is 1. The molecule has 0 bridgehead atoms. The Balaban J connectivity index is 0.00000320. The van der Waals surface area contributed by atoms with Gasteiger partial charge in [0, 0.05) is 43.5 Å². The summed E-state index contributed by atoms with van der Waals surface area (Å²) in [5.41, 5.74) is 3.69. The second kappa shape index (κ2) is 12.6. The average Bonchev–Trinajstić information content (AvgIpc) is 3.04. The summed E-state index contributed by atoms with van der Waals surface area (Å²) in [6.45, 7) is 11.7. The van der Waals surface area contributed by atoms with Gasteiger partial charge in [0.25, 0.3) is 0 Å². The molecule has 0 spiro atoms. The van der Waals surface area contributed by atoms with Gasteiger partial charge in [-0.25, -0.2) is 4.98 Å². The van der Waals surface area contributed by atoms with E-state index >= 15 is 0 Å². The van der Waals surface area contributed by atoms with E-state index < -0.39 is 0 Å². The second-order valence-electron chi connectivity index (χ2n) is 7.75. The molecule has 0 aliphatic carbocycles. The molecule has 0 amide bonds. The SMILES string of the molecule is CCNC(=NCC1CCCOC1c1ccc(C)cc1)NCCc1nc(C)c(C)s1.I. The van der Waals surface area contributed by atoms with E-state index in [1.807, 2.05) is 0 Å². The van der Waals surface area contributed by atoms with Crippen LogP contribution < -0.4 is 10.6 Å². The highest BCUT2D eigenvalue weighted by Crippen LogP contribution is 2.34. The Bertz CT molecular complexity index is 787. The first kappa shape index (κ1) is 25.1. The van der Waals surface area contributed by atoms with Crippen LogP contribution in [0.2, 0.25) is 0 Å². The Kier molecular flexibility index (Phi) is 10.5. The number of aliphatic imine (C=N–C) groups is 1. The molecule has 2 N–H and O–H groups in total. The third-order valence-corrected chi connectivity index (χ3v) is 6.52. The Morgan fingerprint density at radius 3 is 2.63 bits per heavy atom. The van der Waals surface area contributed by atoms with Crippen LogP contribution in [-0.4, -0.2) is 37.2 Å². The van der Waals surface area contributed by atoms with Gasteiger partial charge in [0.05, 0.1) is 16.8 Å². The minimum atomic E-state index is 0. The average molecular weight is 543 g/mol. The fraction of sp³-hybridized carbons (Fsp3) is 0.565. The topological polar surface area (TPSA) is 58.5 Å². The van der Waals surface area contributed by atoms with Crippen LogP contribution in [0.5, 0.6) is 0 Å². The molecule has 0 saturated carbocycles. The molecule has 2 unspecified atom stereocenters. The lowest BCUT2D eigenvalue weighted by molar-refractivity contribution is -0.0250. The Morgan fingerprint density at radius 1 is 1.20 bits per heavy atom. The van der Waals surface area contributed by atoms with Gasteiger partial charge in [0.2, 0.25) is 0 Å². The van der Waals surface area contributed by atoms with E-state index in [-0.39, 0.29) is 30.1 Å². The molecule has 1 aliphatic heterocycles. The van der Waals surface area contributed by atoms with Crippen molar-refractivity contribution in [3.8, 4) is 0 Å². The number of rotatable bonds is 7. The zero-order valence-corrected chi connectivity index (χ0v) is 21.7. The largest absolute Gasteiger partial charge is 0.373 e. The number of ether oxygens (including phenoxy) is 1. The van der Waals surface area contributed by atoms with Crippen LogP contribution in [0.3, 0.4) is 0 Å². The van der Waals surface area contributed by atoms with Gasteiger partial charge in [-0.3, -0.25) is 4.99 Å². The minimum absolute atomic E-state index is 0.